The van der Waals surface area contributed by atoms with Gasteiger partial charge in [0.05, 0.1) is 28.8 Å². The summed E-state index contributed by atoms with van der Waals surface area (Å²) in [6, 6.07) is 20.2. The highest BCUT2D eigenvalue weighted by Gasteiger charge is 2.22. The minimum atomic E-state index is -0.313. The molecule has 3 heterocycles. The second kappa shape index (κ2) is 9.63. The fourth-order valence-electron chi connectivity index (χ4n) is 3.93. The predicted molar refractivity (Wildman–Crippen MR) is 137 cm³/mol. The number of aromatic nitrogens is 6. The summed E-state index contributed by atoms with van der Waals surface area (Å²) < 4.78 is 3.33. The Morgan fingerprint density at radius 1 is 1.06 bits per heavy atom. The largest absolute Gasteiger partial charge is 0.337 e. The highest BCUT2D eigenvalue weighted by molar-refractivity contribution is 6.30. The smallest absolute Gasteiger partial charge is 0.264 e. The van der Waals surface area contributed by atoms with E-state index in [1.165, 1.54) is 16.9 Å². The van der Waals surface area contributed by atoms with Crippen LogP contribution in [0.15, 0.2) is 83.9 Å². The number of nitrogens with zero attached hydrogens (tertiary/aromatic N) is 6. The van der Waals surface area contributed by atoms with Crippen molar-refractivity contribution in [3.8, 4) is 22.8 Å². The second-order valence-corrected chi connectivity index (χ2v) is 8.72. The molecular formula is C26H22ClN7O2. The zero-order valence-corrected chi connectivity index (χ0v) is 20.3. The number of benzene rings is 2. The highest BCUT2D eigenvalue weighted by Crippen LogP contribution is 2.27. The van der Waals surface area contributed by atoms with Crippen molar-refractivity contribution in [2.24, 2.45) is 0 Å². The molecular weight excluding hydrogens is 478 g/mol. The van der Waals surface area contributed by atoms with E-state index in [1.54, 1.807) is 24.9 Å². The summed E-state index contributed by atoms with van der Waals surface area (Å²) in [6.07, 6.45) is 3.44. The Labute approximate surface area is 211 Å². The van der Waals surface area contributed by atoms with E-state index >= 15 is 0 Å². The summed E-state index contributed by atoms with van der Waals surface area (Å²) in [5, 5.41) is 16.1. The molecule has 0 fully saturated rings. The van der Waals surface area contributed by atoms with Gasteiger partial charge in [0.15, 0.2) is 5.82 Å². The molecule has 5 aromatic rings. The van der Waals surface area contributed by atoms with Gasteiger partial charge in [-0.05, 0) is 37.3 Å². The van der Waals surface area contributed by atoms with Gasteiger partial charge in [-0.2, -0.15) is 15.3 Å². The lowest BCUT2D eigenvalue weighted by molar-refractivity contribution is 0.0784. The van der Waals surface area contributed by atoms with Gasteiger partial charge >= 0.3 is 0 Å². The molecule has 0 bridgehead atoms. The van der Waals surface area contributed by atoms with Crippen LogP contribution >= 0.6 is 11.6 Å². The minimum Gasteiger partial charge on any atom is -0.337 e. The lowest BCUT2D eigenvalue weighted by Crippen LogP contribution is -2.26. The molecule has 36 heavy (non-hydrogen) atoms. The molecule has 1 N–H and O–H groups in total. The number of carbonyl (C=O) groups excluding carboxylic acids is 1. The van der Waals surface area contributed by atoms with E-state index in [0.717, 1.165) is 22.5 Å². The number of rotatable bonds is 6. The van der Waals surface area contributed by atoms with Crippen LogP contribution < -0.4 is 5.56 Å². The van der Waals surface area contributed by atoms with Crippen LogP contribution in [0.3, 0.4) is 0 Å². The minimum absolute atomic E-state index is 0.197. The topological polar surface area (TPSA) is 102 Å². The van der Waals surface area contributed by atoms with Crippen LogP contribution in [-0.4, -0.2) is 47.6 Å². The Morgan fingerprint density at radius 2 is 1.81 bits per heavy atom. The maximum atomic E-state index is 13.4. The van der Waals surface area contributed by atoms with Crippen LogP contribution in [0.5, 0.6) is 0 Å². The molecule has 10 heteroatoms. The van der Waals surface area contributed by atoms with Crippen molar-refractivity contribution in [2.45, 2.75) is 13.5 Å². The average Bonchev–Trinajstić information content (AvgIpc) is 3.49. The summed E-state index contributed by atoms with van der Waals surface area (Å²) in [5.74, 6) is 0.223. The van der Waals surface area contributed by atoms with Crippen molar-refractivity contribution in [2.75, 3.05) is 7.05 Å². The van der Waals surface area contributed by atoms with Gasteiger partial charge in [0, 0.05) is 42.0 Å². The van der Waals surface area contributed by atoms with E-state index < -0.39 is 0 Å². The molecule has 0 saturated heterocycles. The van der Waals surface area contributed by atoms with Crippen molar-refractivity contribution >= 4 is 17.5 Å². The first-order chi connectivity index (χ1) is 17.4. The number of H-pyrrole nitrogens is 1. The molecule has 0 unspecified atom stereocenters. The molecule has 0 aliphatic rings. The van der Waals surface area contributed by atoms with E-state index in [0.29, 0.717) is 28.6 Å². The fraction of sp³-hybridized carbons (Fsp3) is 0.115. The number of aromatic amines is 1. The Balaban J connectivity index is 1.46. The summed E-state index contributed by atoms with van der Waals surface area (Å²) in [7, 11) is 1.74. The van der Waals surface area contributed by atoms with E-state index in [-0.39, 0.29) is 11.5 Å². The van der Waals surface area contributed by atoms with Crippen molar-refractivity contribution in [3.05, 3.63) is 111 Å². The molecule has 0 spiro atoms. The SMILES string of the molecule is Cc1c(C(=O)N(C)Cc2cn(-c3ccccc3)nc2-c2ccc(Cl)cc2)cnn1-c1ccc(=O)[nH]n1. The molecule has 0 aliphatic heterocycles. The van der Waals surface area contributed by atoms with Crippen molar-refractivity contribution < 1.29 is 4.79 Å². The van der Waals surface area contributed by atoms with Gasteiger partial charge in [-0.15, -0.1) is 0 Å². The average molecular weight is 500 g/mol. The number of hydrogen-bond acceptors (Lipinski definition) is 5. The summed E-state index contributed by atoms with van der Waals surface area (Å²) >= 11 is 6.09. The van der Waals surface area contributed by atoms with Crippen LogP contribution in [0.25, 0.3) is 22.8 Å². The molecule has 0 radical (unpaired) electrons. The van der Waals surface area contributed by atoms with Gasteiger partial charge in [0.1, 0.15) is 0 Å². The Bertz CT molecular complexity index is 1570. The molecule has 0 saturated carbocycles. The fourth-order valence-corrected chi connectivity index (χ4v) is 4.05. The van der Waals surface area contributed by atoms with Gasteiger partial charge in [0.25, 0.3) is 11.5 Å². The van der Waals surface area contributed by atoms with Gasteiger partial charge in [0.2, 0.25) is 0 Å². The summed E-state index contributed by atoms with van der Waals surface area (Å²) in [4.78, 5) is 26.3. The van der Waals surface area contributed by atoms with E-state index in [4.69, 9.17) is 16.7 Å². The maximum absolute atomic E-state index is 13.4. The van der Waals surface area contributed by atoms with Gasteiger partial charge in [-0.3, -0.25) is 9.59 Å². The number of para-hydroxylation sites is 1. The number of hydrogen-bond donors (Lipinski definition) is 1. The third-order valence-corrected chi connectivity index (χ3v) is 6.06. The first kappa shape index (κ1) is 23.3. The number of nitrogens with one attached hydrogen (secondary N) is 1. The van der Waals surface area contributed by atoms with Crippen LogP contribution in [0.4, 0.5) is 0 Å². The monoisotopic (exact) mass is 499 g/mol. The van der Waals surface area contributed by atoms with Crippen LogP contribution in [-0.2, 0) is 6.54 Å². The zero-order chi connectivity index (χ0) is 25.2. The van der Waals surface area contributed by atoms with E-state index in [1.807, 2.05) is 65.5 Å². The molecule has 0 aliphatic carbocycles. The van der Waals surface area contributed by atoms with Crippen LogP contribution in [0.1, 0.15) is 21.6 Å². The van der Waals surface area contributed by atoms with Gasteiger partial charge in [-0.1, -0.05) is 41.9 Å². The Hall–Kier alpha value is -4.50. The molecule has 0 atom stereocenters. The van der Waals surface area contributed by atoms with Crippen molar-refractivity contribution in [1.29, 1.82) is 0 Å². The van der Waals surface area contributed by atoms with Crippen LogP contribution in [0, 0.1) is 6.92 Å². The zero-order valence-electron chi connectivity index (χ0n) is 19.6. The van der Waals surface area contributed by atoms with Gasteiger partial charge < -0.3 is 4.90 Å². The normalized spacial score (nSPS) is 11.0. The standard InChI is InChI=1S/C26H22ClN7O2/c1-17-22(14-28-34(17)23-12-13-24(35)30-29-23)26(36)32(2)15-19-16-33(21-6-4-3-5-7-21)31-25(19)18-8-10-20(27)11-9-18/h3-14,16H,15H2,1-2H3,(H,30,35). The lowest BCUT2D eigenvalue weighted by atomic mass is 10.1. The lowest BCUT2D eigenvalue weighted by Gasteiger charge is -2.17. The quantitative estimate of drug-likeness (QED) is 0.380. The van der Waals surface area contributed by atoms with E-state index in [2.05, 4.69) is 15.3 Å². The number of carbonyl (C=O) groups is 1. The third-order valence-electron chi connectivity index (χ3n) is 5.80. The predicted octanol–water partition coefficient (Wildman–Crippen LogP) is 4.04. The number of amides is 1. The maximum Gasteiger partial charge on any atom is 0.264 e. The third kappa shape index (κ3) is 4.56. The van der Waals surface area contributed by atoms with Crippen molar-refractivity contribution in [3.63, 3.8) is 0 Å². The Kier molecular flexibility index (Phi) is 6.22. The molecule has 3 aromatic heterocycles. The Morgan fingerprint density at radius 3 is 2.50 bits per heavy atom. The summed E-state index contributed by atoms with van der Waals surface area (Å²) in [5.41, 5.74) is 4.20. The van der Waals surface area contributed by atoms with Crippen LogP contribution in [0.2, 0.25) is 5.02 Å². The van der Waals surface area contributed by atoms with E-state index in [9.17, 15) is 9.59 Å². The summed E-state index contributed by atoms with van der Waals surface area (Å²) in [6.45, 7) is 2.11. The molecule has 2 aromatic carbocycles. The second-order valence-electron chi connectivity index (χ2n) is 8.29. The molecule has 180 valence electrons. The first-order valence-electron chi connectivity index (χ1n) is 11.2. The highest BCUT2D eigenvalue weighted by atomic mass is 35.5. The molecule has 9 nitrogen and oxygen atoms in total. The van der Waals surface area contributed by atoms with Gasteiger partial charge in [-0.25, -0.2) is 14.5 Å². The molecule has 5 rings (SSSR count). The van der Waals surface area contributed by atoms with Crippen molar-refractivity contribution in [1.82, 2.24) is 34.7 Å². The first-order valence-corrected chi connectivity index (χ1v) is 11.5. The molecule has 1 amide bonds. The number of halogens is 1.